The molecule has 0 bridgehead atoms. The predicted octanol–water partition coefficient (Wildman–Crippen LogP) is 2.27. The van der Waals surface area contributed by atoms with Crippen LogP contribution in [0.15, 0.2) is 0 Å². The predicted molar refractivity (Wildman–Crippen MR) is 47.6 cm³/mol. The Morgan fingerprint density at radius 1 is 1.09 bits per heavy atom. The molecule has 1 saturated heterocycles. The summed E-state index contributed by atoms with van der Waals surface area (Å²) >= 11 is 0. The molecule has 0 aromatic heterocycles. The van der Waals surface area contributed by atoms with Gasteiger partial charge in [0.25, 0.3) is 0 Å². The average molecular weight is 153 g/mol. The van der Waals surface area contributed by atoms with Gasteiger partial charge in [0.1, 0.15) is 0 Å². The van der Waals surface area contributed by atoms with Gasteiger partial charge in [-0.1, -0.05) is 6.42 Å². The van der Waals surface area contributed by atoms with E-state index in [2.05, 4.69) is 25.7 Å². The van der Waals surface area contributed by atoms with Gasteiger partial charge < -0.3 is 0 Å². The number of hydrogen-bond donors (Lipinski definition) is 0. The number of hydrogen-bond acceptors (Lipinski definition) is 1. The van der Waals surface area contributed by atoms with Gasteiger partial charge in [-0.3, -0.25) is 4.90 Å². The van der Waals surface area contributed by atoms with E-state index in [0.717, 1.165) is 5.41 Å². The second-order valence-electron chi connectivity index (χ2n) is 5.38. The van der Waals surface area contributed by atoms with E-state index < -0.39 is 0 Å². The van der Waals surface area contributed by atoms with Crippen LogP contribution in [-0.2, 0) is 0 Å². The second kappa shape index (κ2) is 2.01. The highest BCUT2D eigenvalue weighted by molar-refractivity contribution is 5.03. The van der Waals surface area contributed by atoms with Gasteiger partial charge in [0, 0.05) is 18.6 Å². The molecule has 1 heterocycles. The van der Waals surface area contributed by atoms with Crippen LogP contribution in [0, 0.1) is 5.41 Å². The number of nitrogens with zero attached hydrogens (tertiary/aromatic N) is 1. The Hall–Kier alpha value is -0.0400. The molecule has 0 aromatic rings. The maximum absolute atomic E-state index is 2.60. The third-order valence-corrected chi connectivity index (χ3v) is 3.42. The van der Waals surface area contributed by atoms with Crippen molar-refractivity contribution in [1.82, 2.24) is 4.90 Å². The summed E-state index contributed by atoms with van der Waals surface area (Å²) in [5.74, 6) is 0. The normalized spacial score (nSPS) is 29.7. The van der Waals surface area contributed by atoms with Crippen molar-refractivity contribution in [2.75, 3.05) is 13.1 Å². The van der Waals surface area contributed by atoms with Crippen molar-refractivity contribution in [2.24, 2.45) is 5.41 Å². The molecular weight excluding hydrogens is 134 g/mol. The molecule has 0 amide bonds. The van der Waals surface area contributed by atoms with Gasteiger partial charge in [-0.05, 0) is 39.0 Å². The van der Waals surface area contributed by atoms with E-state index in [4.69, 9.17) is 0 Å². The Kier molecular flexibility index (Phi) is 1.39. The number of likely N-dealkylation sites (tertiary alicyclic amines) is 1. The van der Waals surface area contributed by atoms with E-state index in [-0.39, 0.29) is 0 Å². The lowest BCUT2D eigenvalue weighted by molar-refractivity contribution is -0.104. The third-order valence-electron chi connectivity index (χ3n) is 3.42. The minimum atomic E-state index is 0.418. The van der Waals surface area contributed by atoms with E-state index in [1.54, 1.807) is 0 Å². The Morgan fingerprint density at radius 3 is 1.91 bits per heavy atom. The molecule has 1 nitrogen and oxygen atoms in total. The standard InChI is InChI=1S/C10H19N/c1-9(2,3)11-7-10(8-11)5-4-6-10/h4-8H2,1-3H3. The van der Waals surface area contributed by atoms with Crippen LogP contribution >= 0.6 is 0 Å². The second-order valence-corrected chi connectivity index (χ2v) is 5.38. The van der Waals surface area contributed by atoms with Crippen LogP contribution in [0.5, 0.6) is 0 Å². The first-order valence-electron chi connectivity index (χ1n) is 4.77. The summed E-state index contributed by atoms with van der Waals surface area (Å²) in [5, 5.41) is 0. The van der Waals surface area contributed by atoms with Crippen molar-refractivity contribution >= 4 is 0 Å². The molecule has 1 saturated carbocycles. The van der Waals surface area contributed by atoms with Crippen molar-refractivity contribution < 1.29 is 0 Å². The molecule has 0 radical (unpaired) electrons. The monoisotopic (exact) mass is 153 g/mol. The maximum atomic E-state index is 2.60. The highest BCUT2D eigenvalue weighted by Gasteiger charge is 2.49. The summed E-state index contributed by atoms with van der Waals surface area (Å²) in [5.41, 5.74) is 1.22. The van der Waals surface area contributed by atoms with Gasteiger partial charge in [-0.15, -0.1) is 0 Å². The van der Waals surface area contributed by atoms with Crippen molar-refractivity contribution in [1.29, 1.82) is 0 Å². The quantitative estimate of drug-likeness (QED) is 0.516. The van der Waals surface area contributed by atoms with Crippen molar-refractivity contribution in [3.63, 3.8) is 0 Å². The van der Waals surface area contributed by atoms with Gasteiger partial charge in [-0.2, -0.15) is 0 Å². The van der Waals surface area contributed by atoms with Gasteiger partial charge in [0.05, 0.1) is 0 Å². The fourth-order valence-corrected chi connectivity index (χ4v) is 2.23. The molecule has 2 fully saturated rings. The first kappa shape index (κ1) is 7.60. The van der Waals surface area contributed by atoms with E-state index in [1.165, 1.54) is 32.4 Å². The highest BCUT2D eigenvalue weighted by atomic mass is 15.3. The van der Waals surface area contributed by atoms with E-state index in [0.29, 0.717) is 5.54 Å². The minimum absolute atomic E-state index is 0.418. The Morgan fingerprint density at radius 2 is 1.64 bits per heavy atom. The smallest absolute Gasteiger partial charge is 0.0125 e. The zero-order valence-electron chi connectivity index (χ0n) is 7.98. The first-order valence-corrected chi connectivity index (χ1v) is 4.77. The molecule has 11 heavy (non-hydrogen) atoms. The molecule has 1 aliphatic heterocycles. The van der Waals surface area contributed by atoms with E-state index >= 15 is 0 Å². The van der Waals surface area contributed by atoms with E-state index in [1.807, 2.05) is 0 Å². The van der Waals surface area contributed by atoms with Gasteiger partial charge in [0.15, 0.2) is 0 Å². The average Bonchev–Trinajstić information content (AvgIpc) is 1.49. The maximum Gasteiger partial charge on any atom is 0.0125 e. The fourth-order valence-electron chi connectivity index (χ4n) is 2.23. The van der Waals surface area contributed by atoms with Gasteiger partial charge in [-0.25, -0.2) is 0 Å². The molecule has 2 rings (SSSR count). The van der Waals surface area contributed by atoms with E-state index in [9.17, 15) is 0 Å². The molecule has 0 aromatic carbocycles. The van der Waals surface area contributed by atoms with Crippen molar-refractivity contribution in [3.05, 3.63) is 0 Å². The topological polar surface area (TPSA) is 3.24 Å². The van der Waals surface area contributed by atoms with Crippen LogP contribution in [-0.4, -0.2) is 23.5 Å². The largest absolute Gasteiger partial charge is 0.297 e. The lowest BCUT2D eigenvalue weighted by Crippen LogP contribution is -2.64. The Bertz CT molecular complexity index is 154. The molecule has 0 N–H and O–H groups in total. The molecular formula is C10H19N. The first-order chi connectivity index (χ1) is 5.02. The van der Waals surface area contributed by atoms with Crippen LogP contribution < -0.4 is 0 Å². The van der Waals surface area contributed by atoms with Crippen LogP contribution in [0.4, 0.5) is 0 Å². The molecule has 2 aliphatic rings. The molecule has 1 aliphatic carbocycles. The molecule has 64 valence electrons. The zero-order valence-corrected chi connectivity index (χ0v) is 7.98. The minimum Gasteiger partial charge on any atom is -0.297 e. The third kappa shape index (κ3) is 1.10. The van der Waals surface area contributed by atoms with Crippen LogP contribution in [0.2, 0.25) is 0 Å². The molecule has 1 heteroatoms. The summed E-state index contributed by atoms with van der Waals surface area (Å²) in [6, 6.07) is 0. The summed E-state index contributed by atoms with van der Waals surface area (Å²) in [6.07, 6.45) is 4.48. The summed E-state index contributed by atoms with van der Waals surface area (Å²) in [4.78, 5) is 2.60. The zero-order chi connectivity index (χ0) is 8.11. The molecule has 0 unspecified atom stereocenters. The Balaban J connectivity index is 1.88. The summed E-state index contributed by atoms with van der Waals surface area (Å²) < 4.78 is 0. The summed E-state index contributed by atoms with van der Waals surface area (Å²) in [6.45, 7) is 9.70. The highest BCUT2D eigenvalue weighted by Crippen LogP contribution is 2.49. The van der Waals surface area contributed by atoms with Crippen molar-refractivity contribution in [3.8, 4) is 0 Å². The van der Waals surface area contributed by atoms with Crippen molar-refractivity contribution in [2.45, 2.75) is 45.6 Å². The number of rotatable bonds is 0. The molecule has 1 spiro atoms. The summed E-state index contributed by atoms with van der Waals surface area (Å²) in [7, 11) is 0. The lowest BCUT2D eigenvalue weighted by Gasteiger charge is -2.60. The van der Waals surface area contributed by atoms with Gasteiger partial charge >= 0.3 is 0 Å². The lowest BCUT2D eigenvalue weighted by atomic mass is 9.62. The van der Waals surface area contributed by atoms with Crippen LogP contribution in [0.3, 0.4) is 0 Å². The van der Waals surface area contributed by atoms with Crippen LogP contribution in [0.25, 0.3) is 0 Å². The molecule has 0 atom stereocenters. The van der Waals surface area contributed by atoms with Gasteiger partial charge in [0.2, 0.25) is 0 Å². The Labute approximate surface area is 69.8 Å². The van der Waals surface area contributed by atoms with Crippen LogP contribution in [0.1, 0.15) is 40.0 Å². The SMILES string of the molecule is CC(C)(C)N1CC2(CCC2)C1. The fraction of sp³-hybridized carbons (Fsp3) is 1.00.